The van der Waals surface area contributed by atoms with Crippen LogP contribution in [0.1, 0.15) is 38.5 Å². The molecule has 0 bridgehead atoms. The van der Waals surface area contributed by atoms with Crippen LogP contribution in [0.2, 0.25) is 0 Å². The predicted octanol–water partition coefficient (Wildman–Crippen LogP) is 3.69. The first-order chi connectivity index (χ1) is 5.56. The van der Waals surface area contributed by atoms with Gasteiger partial charge in [-0.1, -0.05) is 73.3 Å². The zero-order valence-corrected chi connectivity index (χ0v) is 9.30. The van der Waals surface area contributed by atoms with Crippen LogP contribution in [-0.2, 0) is 0 Å². The molecule has 0 saturated heterocycles. The molecule has 0 amide bonds. The first-order valence-electron chi connectivity index (χ1n) is 4.24. The average molecular weight is 234 g/mol. The molecule has 0 aromatic heterocycles. The van der Waals surface area contributed by atoms with Gasteiger partial charge in [-0.15, -0.1) is 0 Å². The van der Waals surface area contributed by atoms with E-state index in [4.69, 9.17) is 39.9 Å². The topological polar surface area (TPSA) is 20.2 Å². The van der Waals surface area contributed by atoms with Gasteiger partial charge in [-0.25, -0.2) is 0 Å². The van der Waals surface area contributed by atoms with Crippen molar-refractivity contribution in [2.24, 2.45) is 0 Å². The molecule has 12 heavy (non-hydrogen) atoms. The van der Waals surface area contributed by atoms with Crippen molar-refractivity contribution in [3.63, 3.8) is 0 Å². The molecule has 0 spiro atoms. The molecule has 1 fully saturated rings. The fourth-order valence-corrected chi connectivity index (χ4v) is 1.06. The zero-order valence-electron chi connectivity index (χ0n) is 7.03. The fraction of sp³-hybridized carbons (Fsp3) is 1.00. The molecule has 0 radical (unpaired) electrons. The van der Waals surface area contributed by atoms with Gasteiger partial charge in [-0.3, -0.25) is 0 Å². The van der Waals surface area contributed by atoms with Crippen LogP contribution in [0, 0.1) is 0 Å². The van der Waals surface area contributed by atoms with Crippen molar-refractivity contribution in [1.82, 2.24) is 0 Å². The van der Waals surface area contributed by atoms with E-state index in [2.05, 4.69) is 0 Å². The molecule has 0 unspecified atom stereocenters. The van der Waals surface area contributed by atoms with Crippen LogP contribution in [-0.4, -0.2) is 15.5 Å². The third-order valence-electron chi connectivity index (χ3n) is 1.68. The number of hydrogen-bond acceptors (Lipinski definition) is 1. The van der Waals surface area contributed by atoms with E-state index in [0.717, 1.165) is 0 Å². The first kappa shape index (κ1) is 12.8. The van der Waals surface area contributed by atoms with Crippen molar-refractivity contribution < 1.29 is 5.11 Å². The maximum atomic E-state index is 8.01. The highest BCUT2D eigenvalue weighted by atomic mass is 35.6. The standard InChI is InChI=1S/C6H12.C2H3Cl3O/c1-2-4-6-5-3-1;3-2(4,5)1-6/h1-6H2;6H,1H2. The van der Waals surface area contributed by atoms with Gasteiger partial charge in [0.1, 0.15) is 0 Å². The highest BCUT2D eigenvalue weighted by molar-refractivity contribution is 6.67. The van der Waals surface area contributed by atoms with Crippen molar-refractivity contribution >= 4 is 34.8 Å². The minimum absolute atomic E-state index is 0.433. The lowest BCUT2D eigenvalue weighted by molar-refractivity contribution is 0.303. The second kappa shape index (κ2) is 7.25. The third-order valence-corrected chi connectivity index (χ3v) is 2.04. The Hall–Kier alpha value is 0.830. The molecule has 1 aliphatic rings. The summed E-state index contributed by atoms with van der Waals surface area (Å²) < 4.78 is -1.49. The lowest BCUT2D eigenvalue weighted by Crippen LogP contribution is -2.06. The Morgan fingerprint density at radius 1 is 0.833 bits per heavy atom. The summed E-state index contributed by atoms with van der Waals surface area (Å²) in [6.45, 7) is -0.433. The molecular formula is C8H15Cl3O. The summed E-state index contributed by atoms with van der Waals surface area (Å²) in [5.41, 5.74) is 0. The largest absolute Gasteiger partial charge is 0.392 e. The number of aliphatic hydroxyl groups excluding tert-OH is 1. The van der Waals surface area contributed by atoms with E-state index >= 15 is 0 Å². The lowest BCUT2D eigenvalue weighted by atomic mass is 10.0. The van der Waals surface area contributed by atoms with Crippen molar-refractivity contribution in [1.29, 1.82) is 0 Å². The monoisotopic (exact) mass is 232 g/mol. The Labute approximate surface area is 89.0 Å². The smallest absolute Gasteiger partial charge is 0.213 e. The van der Waals surface area contributed by atoms with Gasteiger partial charge in [0.25, 0.3) is 0 Å². The summed E-state index contributed by atoms with van der Waals surface area (Å²) in [5.74, 6) is 0. The average Bonchev–Trinajstić information content (AvgIpc) is 2.07. The van der Waals surface area contributed by atoms with Crippen LogP contribution in [0.5, 0.6) is 0 Å². The third kappa shape index (κ3) is 10.8. The molecule has 0 heterocycles. The summed E-state index contributed by atoms with van der Waals surface area (Å²) >= 11 is 15.0. The number of hydrogen-bond donors (Lipinski definition) is 1. The van der Waals surface area contributed by atoms with E-state index in [1.807, 2.05) is 0 Å². The summed E-state index contributed by atoms with van der Waals surface area (Å²) in [5, 5.41) is 8.01. The van der Waals surface area contributed by atoms with E-state index < -0.39 is 10.4 Å². The summed E-state index contributed by atoms with van der Waals surface area (Å²) in [4.78, 5) is 0. The van der Waals surface area contributed by atoms with E-state index in [9.17, 15) is 0 Å². The van der Waals surface area contributed by atoms with Crippen LogP contribution in [0.25, 0.3) is 0 Å². The lowest BCUT2D eigenvalue weighted by Gasteiger charge is -2.05. The van der Waals surface area contributed by atoms with Gasteiger partial charge in [0.15, 0.2) is 0 Å². The van der Waals surface area contributed by atoms with Crippen LogP contribution < -0.4 is 0 Å². The summed E-state index contributed by atoms with van der Waals surface area (Å²) in [7, 11) is 0. The molecule has 0 atom stereocenters. The van der Waals surface area contributed by atoms with Crippen LogP contribution in [0.4, 0.5) is 0 Å². The number of alkyl halides is 3. The van der Waals surface area contributed by atoms with Crippen molar-refractivity contribution in [2.75, 3.05) is 6.61 Å². The summed E-state index contributed by atoms with van der Waals surface area (Å²) in [6, 6.07) is 0. The number of rotatable bonds is 0. The number of aliphatic hydroxyl groups is 1. The first-order valence-corrected chi connectivity index (χ1v) is 5.37. The highest BCUT2D eigenvalue weighted by Gasteiger charge is 2.16. The Morgan fingerprint density at radius 3 is 1.08 bits per heavy atom. The molecule has 1 rings (SSSR count). The maximum Gasteiger partial charge on any atom is 0.213 e. The molecule has 1 aliphatic carbocycles. The number of halogens is 3. The normalized spacial score (nSPS) is 18.0. The molecule has 0 aromatic carbocycles. The van der Waals surface area contributed by atoms with Crippen LogP contribution in [0.3, 0.4) is 0 Å². The Balaban J connectivity index is 0.000000202. The van der Waals surface area contributed by atoms with Gasteiger partial charge in [0.05, 0.1) is 6.61 Å². The zero-order chi connectivity index (χ0) is 9.45. The molecule has 1 N–H and O–H groups in total. The van der Waals surface area contributed by atoms with Gasteiger partial charge < -0.3 is 5.11 Å². The van der Waals surface area contributed by atoms with E-state index in [0.29, 0.717) is 0 Å². The van der Waals surface area contributed by atoms with Gasteiger partial charge in [0, 0.05) is 0 Å². The minimum atomic E-state index is -1.49. The Morgan fingerprint density at radius 2 is 1.00 bits per heavy atom. The second-order valence-corrected chi connectivity index (χ2v) is 5.41. The minimum Gasteiger partial charge on any atom is -0.392 e. The highest BCUT2D eigenvalue weighted by Crippen LogP contribution is 2.23. The molecular weight excluding hydrogens is 218 g/mol. The molecule has 0 aliphatic heterocycles. The maximum absolute atomic E-state index is 8.01. The van der Waals surface area contributed by atoms with E-state index in [-0.39, 0.29) is 0 Å². The van der Waals surface area contributed by atoms with Gasteiger partial charge >= 0.3 is 0 Å². The predicted molar refractivity (Wildman–Crippen MR) is 55.1 cm³/mol. The molecule has 0 aromatic rings. The van der Waals surface area contributed by atoms with Gasteiger partial charge in [0.2, 0.25) is 3.79 Å². The fourth-order valence-electron chi connectivity index (χ4n) is 1.06. The Kier molecular flexibility index (Phi) is 7.76. The second-order valence-electron chi connectivity index (χ2n) is 2.89. The van der Waals surface area contributed by atoms with E-state index in [1.165, 1.54) is 38.5 Å². The van der Waals surface area contributed by atoms with Crippen molar-refractivity contribution in [3.8, 4) is 0 Å². The van der Waals surface area contributed by atoms with Crippen molar-refractivity contribution in [2.45, 2.75) is 42.3 Å². The summed E-state index contributed by atoms with van der Waals surface area (Å²) in [6.07, 6.45) is 9.00. The molecule has 1 saturated carbocycles. The van der Waals surface area contributed by atoms with Crippen LogP contribution >= 0.6 is 34.8 Å². The van der Waals surface area contributed by atoms with Crippen LogP contribution in [0.15, 0.2) is 0 Å². The van der Waals surface area contributed by atoms with Gasteiger partial charge in [-0.05, 0) is 0 Å². The van der Waals surface area contributed by atoms with Crippen molar-refractivity contribution in [3.05, 3.63) is 0 Å². The quantitative estimate of drug-likeness (QED) is 0.633. The molecule has 4 heteroatoms. The SMILES string of the molecule is C1CCCCC1.OCC(Cl)(Cl)Cl. The van der Waals surface area contributed by atoms with E-state index in [1.54, 1.807) is 0 Å². The van der Waals surface area contributed by atoms with Gasteiger partial charge in [-0.2, -0.15) is 0 Å². The molecule has 1 nitrogen and oxygen atoms in total. The Bertz CT molecular complexity index is 85.5. The molecule has 74 valence electrons.